The number of nitrogens with zero attached hydrogens (tertiary/aromatic N) is 3. The van der Waals surface area contributed by atoms with E-state index in [1.807, 2.05) is 29.8 Å². The van der Waals surface area contributed by atoms with Crippen LogP contribution in [-0.2, 0) is 18.3 Å². The SMILES string of the molecule is Cn1c(CCNC(=O)c2ccc(Cl)nc2)nc2cc(NC(=O)C3CCCCC3)ccc21. The summed E-state index contributed by atoms with van der Waals surface area (Å²) in [5.41, 5.74) is 3.05. The number of rotatable bonds is 6. The van der Waals surface area contributed by atoms with Gasteiger partial charge in [-0.2, -0.15) is 0 Å². The van der Waals surface area contributed by atoms with Crippen molar-refractivity contribution in [3.8, 4) is 0 Å². The lowest BCUT2D eigenvalue weighted by Gasteiger charge is -2.20. The number of amides is 2. The Labute approximate surface area is 186 Å². The molecule has 0 aliphatic heterocycles. The van der Waals surface area contributed by atoms with Crippen molar-refractivity contribution < 1.29 is 9.59 Å². The van der Waals surface area contributed by atoms with Gasteiger partial charge in [-0.25, -0.2) is 9.97 Å². The van der Waals surface area contributed by atoms with Crippen molar-refractivity contribution in [3.63, 3.8) is 0 Å². The highest BCUT2D eigenvalue weighted by Gasteiger charge is 2.21. The number of nitrogens with one attached hydrogen (secondary N) is 2. The van der Waals surface area contributed by atoms with Gasteiger partial charge in [0.15, 0.2) is 0 Å². The van der Waals surface area contributed by atoms with Crippen molar-refractivity contribution in [2.75, 3.05) is 11.9 Å². The molecule has 1 aliphatic carbocycles. The molecule has 0 spiro atoms. The first-order valence-corrected chi connectivity index (χ1v) is 11.0. The topological polar surface area (TPSA) is 88.9 Å². The molecule has 2 heterocycles. The van der Waals surface area contributed by atoms with Crippen LogP contribution in [0.2, 0.25) is 5.15 Å². The van der Waals surface area contributed by atoms with Gasteiger partial charge in [-0.1, -0.05) is 30.9 Å². The summed E-state index contributed by atoms with van der Waals surface area (Å²) in [5.74, 6) is 0.883. The number of carbonyl (C=O) groups is 2. The number of aryl methyl sites for hydroxylation is 1. The molecule has 0 radical (unpaired) electrons. The van der Waals surface area contributed by atoms with Crippen molar-refractivity contribution in [1.82, 2.24) is 19.9 Å². The lowest BCUT2D eigenvalue weighted by molar-refractivity contribution is -0.120. The van der Waals surface area contributed by atoms with Crippen molar-refractivity contribution in [2.45, 2.75) is 38.5 Å². The number of aromatic nitrogens is 3. The fraction of sp³-hybridized carbons (Fsp3) is 0.391. The minimum absolute atomic E-state index is 0.106. The molecule has 0 bridgehead atoms. The number of pyridine rings is 1. The first-order valence-electron chi connectivity index (χ1n) is 10.7. The summed E-state index contributed by atoms with van der Waals surface area (Å²) >= 11 is 5.76. The van der Waals surface area contributed by atoms with E-state index >= 15 is 0 Å². The minimum atomic E-state index is -0.198. The summed E-state index contributed by atoms with van der Waals surface area (Å²) in [6.45, 7) is 0.448. The Morgan fingerprint density at radius 2 is 1.97 bits per heavy atom. The molecule has 3 aromatic rings. The van der Waals surface area contributed by atoms with Gasteiger partial charge in [0, 0.05) is 37.8 Å². The van der Waals surface area contributed by atoms with Crippen LogP contribution in [-0.4, -0.2) is 32.9 Å². The monoisotopic (exact) mass is 439 g/mol. The van der Waals surface area contributed by atoms with E-state index in [0.717, 1.165) is 48.2 Å². The van der Waals surface area contributed by atoms with E-state index in [4.69, 9.17) is 16.6 Å². The maximum atomic E-state index is 12.5. The Morgan fingerprint density at radius 1 is 1.16 bits per heavy atom. The highest BCUT2D eigenvalue weighted by Crippen LogP contribution is 2.26. The van der Waals surface area contributed by atoms with E-state index in [0.29, 0.717) is 23.7 Å². The van der Waals surface area contributed by atoms with E-state index in [2.05, 4.69) is 15.6 Å². The third-order valence-corrected chi connectivity index (χ3v) is 6.06. The molecule has 1 aromatic carbocycles. The van der Waals surface area contributed by atoms with Gasteiger partial charge in [0.25, 0.3) is 5.91 Å². The van der Waals surface area contributed by atoms with Crippen LogP contribution >= 0.6 is 11.6 Å². The smallest absolute Gasteiger partial charge is 0.252 e. The highest BCUT2D eigenvalue weighted by atomic mass is 35.5. The molecule has 0 atom stereocenters. The Hall–Kier alpha value is -2.93. The number of imidazole rings is 1. The molecule has 7 nitrogen and oxygen atoms in total. The first-order chi connectivity index (χ1) is 15.0. The fourth-order valence-electron chi connectivity index (χ4n) is 4.06. The van der Waals surface area contributed by atoms with E-state index in [9.17, 15) is 9.59 Å². The molecule has 0 saturated heterocycles. The van der Waals surface area contributed by atoms with Crippen LogP contribution < -0.4 is 10.6 Å². The van der Waals surface area contributed by atoms with E-state index in [1.165, 1.54) is 12.6 Å². The summed E-state index contributed by atoms with van der Waals surface area (Å²) < 4.78 is 2.01. The van der Waals surface area contributed by atoms with Crippen molar-refractivity contribution >= 4 is 40.1 Å². The molecule has 1 aliphatic rings. The summed E-state index contributed by atoms with van der Waals surface area (Å²) in [7, 11) is 1.95. The van der Waals surface area contributed by atoms with Crippen LogP contribution in [0.25, 0.3) is 11.0 Å². The lowest BCUT2D eigenvalue weighted by Crippen LogP contribution is -2.26. The largest absolute Gasteiger partial charge is 0.352 e. The van der Waals surface area contributed by atoms with Gasteiger partial charge < -0.3 is 15.2 Å². The van der Waals surface area contributed by atoms with Crippen molar-refractivity contribution in [2.24, 2.45) is 13.0 Å². The van der Waals surface area contributed by atoms with E-state index in [-0.39, 0.29) is 17.7 Å². The van der Waals surface area contributed by atoms with Crippen molar-refractivity contribution in [3.05, 3.63) is 53.1 Å². The summed E-state index contributed by atoms with van der Waals surface area (Å²) in [6.07, 6.45) is 7.47. The second-order valence-corrected chi connectivity index (χ2v) is 8.38. The van der Waals surface area contributed by atoms with Crippen LogP contribution in [0.15, 0.2) is 36.5 Å². The first kappa shape index (κ1) is 21.3. The number of hydrogen-bond donors (Lipinski definition) is 2. The van der Waals surface area contributed by atoms with E-state index < -0.39 is 0 Å². The quantitative estimate of drug-likeness (QED) is 0.565. The summed E-state index contributed by atoms with van der Waals surface area (Å²) in [4.78, 5) is 33.4. The molecule has 4 rings (SSSR count). The maximum Gasteiger partial charge on any atom is 0.252 e. The summed E-state index contributed by atoms with van der Waals surface area (Å²) in [5, 5.41) is 6.28. The van der Waals surface area contributed by atoms with Gasteiger partial charge in [0.05, 0.1) is 16.6 Å². The zero-order valence-electron chi connectivity index (χ0n) is 17.5. The van der Waals surface area contributed by atoms with Crippen LogP contribution in [0.5, 0.6) is 0 Å². The van der Waals surface area contributed by atoms with Gasteiger partial charge in [0.1, 0.15) is 11.0 Å². The standard InChI is InChI=1S/C23H26ClN5O2/c1-29-19-9-8-17(27-23(31)15-5-3-2-4-6-15)13-18(19)28-21(29)11-12-25-22(30)16-7-10-20(24)26-14-16/h7-10,13-15H,2-6,11-12H2,1H3,(H,25,30)(H,27,31). The summed E-state index contributed by atoms with van der Waals surface area (Å²) in [6, 6.07) is 9.04. The third-order valence-electron chi connectivity index (χ3n) is 5.84. The molecule has 2 aromatic heterocycles. The molecule has 31 heavy (non-hydrogen) atoms. The lowest BCUT2D eigenvalue weighted by atomic mass is 9.88. The Bertz CT molecular complexity index is 1090. The Balaban J connectivity index is 1.38. The van der Waals surface area contributed by atoms with Crippen LogP contribution in [0.3, 0.4) is 0 Å². The van der Waals surface area contributed by atoms with Gasteiger partial charge in [-0.3, -0.25) is 9.59 Å². The molecular weight excluding hydrogens is 414 g/mol. The van der Waals surface area contributed by atoms with Crippen molar-refractivity contribution in [1.29, 1.82) is 0 Å². The molecule has 1 fully saturated rings. The Morgan fingerprint density at radius 3 is 2.71 bits per heavy atom. The maximum absolute atomic E-state index is 12.5. The van der Waals surface area contributed by atoms with Gasteiger partial charge in [-0.15, -0.1) is 0 Å². The second-order valence-electron chi connectivity index (χ2n) is 7.99. The molecule has 2 amide bonds. The molecule has 1 saturated carbocycles. The molecule has 8 heteroatoms. The number of anilines is 1. The number of carbonyl (C=O) groups excluding carboxylic acids is 2. The third kappa shape index (κ3) is 5.05. The molecule has 162 valence electrons. The number of halogens is 1. The highest BCUT2D eigenvalue weighted by molar-refractivity contribution is 6.29. The van der Waals surface area contributed by atoms with Gasteiger partial charge >= 0.3 is 0 Å². The zero-order chi connectivity index (χ0) is 21.8. The predicted octanol–water partition coefficient (Wildman–Crippen LogP) is 4.11. The van der Waals surface area contributed by atoms with Gasteiger partial charge in [-0.05, 0) is 43.2 Å². The van der Waals surface area contributed by atoms with Crippen LogP contribution in [0, 0.1) is 5.92 Å². The Kier molecular flexibility index (Phi) is 6.51. The van der Waals surface area contributed by atoms with Crippen LogP contribution in [0.4, 0.5) is 5.69 Å². The van der Waals surface area contributed by atoms with E-state index in [1.54, 1.807) is 12.1 Å². The normalized spacial score (nSPS) is 14.5. The predicted molar refractivity (Wildman–Crippen MR) is 121 cm³/mol. The average Bonchev–Trinajstić information content (AvgIpc) is 3.09. The van der Waals surface area contributed by atoms with Gasteiger partial charge in [0.2, 0.25) is 5.91 Å². The second kappa shape index (κ2) is 9.47. The fourth-order valence-corrected chi connectivity index (χ4v) is 4.17. The van der Waals surface area contributed by atoms with Crippen LogP contribution in [0.1, 0.15) is 48.3 Å². The number of benzene rings is 1. The minimum Gasteiger partial charge on any atom is -0.352 e. The molecular formula is C23H26ClN5O2. The molecule has 0 unspecified atom stereocenters. The molecule has 2 N–H and O–H groups in total. The zero-order valence-corrected chi connectivity index (χ0v) is 18.3. The number of fused-ring (bicyclic) bond motifs is 1. The average molecular weight is 440 g/mol. The number of hydrogen-bond acceptors (Lipinski definition) is 4.